The SMILES string of the molecule is CCCn1c2c(c3ccccc31)C(CN)CCS2. The maximum atomic E-state index is 5.97. The van der Waals surface area contributed by atoms with Crippen molar-refractivity contribution in [3.63, 3.8) is 0 Å². The Morgan fingerprint density at radius 3 is 3.00 bits per heavy atom. The van der Waals surface area contributed by atoms with Crippen molar-refractivity contribution in [3.05, 3.63) is 29.8 Å². The Morgan fingerprint density at radius 1 is 1.39 bits per heavy atom. The van der Waals surface area contributed by atoms with Crippen LogP contribution in [0.15, 0.2) is 29.3 Å². The molecule has 0 fully saturated rings. The molecule has 0 bridgehead atoms. The van der Waals surface area contributed by atoms with Gasteiger partial charge in [-0.2, -0.15) is 0 Å². The molecule has 1 aromatic heterocycles. The molecule has 3 rings (SSSR count). The lowest BCUT2D eigenvalue weighted by Gasteiger charge is -2.22. The second-order valence-corrected chi connectivity index (χ2v) is 6.04. The Labute approximate surface area is 113 Å². The summed E-state index contributed by atoms with van der Waals surface area (Å²) in [6, 6.07) is 8.79. The third-order valence-corrected chi connectivity index (χ3v) is 4.96. The number of hydrogen-bond donors (Lipinski definition) is 1. The summed E-state index contributed by atoms with van der Waals surface area (Å²) in [6.45, 7) is 4.13. The number of aromatic nitrogens is 1. The van der Waals surface area contributed by atoms with Gasteiger partial charge in [0.05, 0.1) is 5.03 Å². The van der Waals surface area contributed by atoms with Crippen LogP contribution in [0.1, 0.15) is 31.2 Å². The fourth-order valence-corrected chi connectivity index (χ4v) is 4.35. The van der Waals surface area contributed by atoms with Crippen LogP contribution in [0.2, 0.25) is 0 Å². The van der Waals surface area contributed by atoms with Gasteiger partial charge in [0.25, 0.3) is 0 Å². The molecule has 1 unspecified atom stereocenters. The summed E-state index contributed by atoms with van der Waals surface area (Å²) in [6.07, 6.45) is 2.40. The van der Waals surface area contributed by atoms with Crippen LogP contribution in [0, 0.1) is 0 Å². The normalized spacial score (nSPS) is 19.1. The number of benzene rings is 1. The monoisotopic (exact) mass is 260 g/mol. The molecule has 2 heterocycles. The Bertz CT molecular complexity index is 559. The van der Waals surface area contributed by atoms with Crippen molar-refractivity contribution in [2.24, 2.45) is 5.73 Å². The Morgan fingerprint density at radius 2 is 2.22 bits per heavy atom. The number of hydrogen-bond acceptors (Lipinski definition) is 2. The van der Waals surface area contributed by atoms with Crippen molar-refractivity contribution in [2.75, 3.05) is 12.3 Å². The third kappa shape index (κ3) is 1.77. The highest BCUT2D eigenvalue weighted by Crippen LogP contribution is 2.43. The lowest BCUT2D eigenvalue weighted by atomic mass is 9.96. The first-order chi connectivity index (χ1) is 8.86. The van der Waals surface area contributed by atoms with Crippen LogP contribution in [0.3, 0.4) is 0 Å². The van der Waals surface area contributed by atoms with E-state index >= 15 is 0 Å². The van der Waals surface area contributed by atoms with E-state index in [2.05, 4.69) is 35.8 Å². The summed E-state index contributed by atoms with van der Waals surface area (Å²) in [5.41, 5.74) is 8.87. The maximum absolute atomic E-state index is 5.97. The van der Waals surface area contributed by atoms with E-state index in [-0.39, 0.29) is 0 Å². The van der Waals surface area contributed by atoms with E-state index in [1.165, 1.54) is 40.1 Å². The number of thioether (sulfide) groups is 1. The third-order valence-electron chi connectivity index (χ3n) is 3.81. The topological polar surface area (TPSA) is 30.9 Å². The van der Waals surface area contributed by atoms with Gasteiger partial charge in [0.1, 0.15) is 0 Å². The van der Waals surface area contributed by atoms with Crippen molar-refractivity contribution in [1.82, 2.24) is 4.57 Å². The number of aryl methyl sites for hydroxylation is 1. The summed E-state index contributed by atoms with van der Waals surface area (Å²) in [5.74, 6) is 1.75. The fourth-order valence-electron chi connectivity index (χ4n) is 2.98. The van der Waals surface area contributed by atoms with Gasteiger partial charge < -0.3 is 10.3 Å². The molecule has 1 aliphatic heterocycles. The maximum Gasteiger partial charge on any atom is 0.0795 e. The molecule has 2 N–H and O–H groups in total. The molecule has 1 aliphatic rings. The molecule has 0 saturated carbocycles. The summed E-state index contributed by atoms with van der Waals surface area (Å²) >= 11 is 2.01. The van der Waals surface area contributed by atoms with Gasteiger partial charge in [-0.3, -0.25) is 0 Å². The molecule has 0 saturated heterocycles. The molecule has 2 aromatic rings. The molecular weight excluding hydrogens is 240 g/mol. The molecular formula is C15H20N2S. The Hall–Kier alpha value is -0.930. The predicted molar refractivity (Wildman–Crippen MR) is 79.4 cm³/mol. The quantitative estimate of drug-likeness (QED) is 0.914. The largest absolute Gasteiger partial charge is 0.335 e. The van der Waals surface area contributed by atoms with E-state index < -0.39 is 0 Å². The molecule has 0 amide bonds. The first-order valence-electron chi connectivity index (χ1n) is 6.80. The highest BCUT2D eigenvalue weighted by atomic mass is 32.2. The minimum absolute atomic E-state index is 0.546. The molecule has 0 spiro atoms. The van der Waals surface area contributed by atoms with Crippen molar-refractivity contribution in [1.29, 1.82) is 0 Å². The van der Waals surface area contributed by atoms with E-state index in [9.17, 15) is 0 Å². The van der Waals surface area contributed by atoms with Gasteiger partial charge in [-0.05, 0) is 31.0 Å². The van der Waals surface area contributed by atoms with Crippen LogP contribution >= 0.6 is 11.8 Å². The van der Waals surface area contributed by atoms with Crippen LogP contribution in [0.25, 0.3) is 10.9 Å². The fraction of sp³-hybridized carbons (Fsp3) is 0.467. The van der Waals surface area contributed by atoms with Crippen molar-refractivity contribution < 1.29 is 0 Å². The van der Waals surface area contributed by atoms with Gasteiger partial charge in [-0.15, -0.1) is 11.8 Å². The van der Waals surface area contributed by atoms with Crippen LogP contribution in [0.4, 0.5) is 0 Å². The average Bonchev–Trinajstić information content (AvgIpc) is 2.74. The predicted octanol–water partition coefficient (Wildman–Crippen LogP) is 3.59. The van der Waals surface area contributed by atoms with Crippen molar-refractivity contribution >= 4 is 22.7 Å². The first kappa shape index (κ1) is 12.1. The Kier molecular flexibility index (Phi) is 3.35. The Balaban J connectivity index is 2.27. The summed E-state index contributed by atoms with van der Waals surface area (Å²) in [5, 5.41) is 2.89. The minimum atomic E-state index is 0.546. The zero-order valence-corrected chi connectivity index (χ0v) is 11.7. The second kappa shape index (κ2) is 4.98. The number of para-hydroxylation sites is 1. The summed E-state index contributed by atoms with van der Waals surface area (Å²) in [7, 11) is 0. The van der Waals surface area contributed by atoms with E-state index in [0.717, 1.165) is 13.1 Å². The number of nitrogens with two attached hydrogens (primary N) is 1. The number of fused-ring (bicyclic) bond motifs is 3. The molecule has 0 aliphatic carbocycles. The van der Waals surface area contributed by atoms with Gasteiger partial charge in [-0.25, -0.2) is 0 Å². The van der Waals surface area contributed by atoms with E-state index in [1.807, 2.05) is 11.8 Å². The van der Waals surface area contributed by atoms with Crippen molar-refractivity contribution in [3.8, 4) is 0 Å². The van der Waals surface area contributed by atoms with Gasteiger partial charge in [0.15, 0.2) is 0 Å². The van der Waals surface area contributed by atoms with Gasteiger partial charge >= 0.3 is 0 Å². The highest BCUT2D eigenvalue weighted by Gasteiger charge is 2.26. The number of rotatable bonds is 3. The van der Waals surface area contributed by atoms with Gasteiger partial charge in [0.2, 0.25) is 0 Å². The minimum Gasteiger partial charge on any atom is -0.335 e. The molecule has 1 aromatic carbocycles. The molecule has 1 atom stereocenters. The molecule has 3 heteroatoms. The molecule has 2 nitrogen and oxygen atoms in total. The van der Waals surface area contributed by atoms with Crippen LogP contribution < -0.4 is 5.73 Å². The lowest BCUT2D eigenvalue weighted by molar-refractivity contribution is 0.607. The van der Waals surface area contributed by atoms with Crippen LogP contribution in [-0.2, 0) is 6.54 Å². The lowest BCUT2D eigenvalue weighted by Crippen LogP contribution is -2.17. The zero-order chi connectivity index (χ0) is 12.5. The summed E-state index contributed by atoms with van der Waals surface area (Å²) < 4.78 is 2.50. The van der Waals surface area contributed by atoms with Crippen LogP contribution in [-0.4, -0.2) is 16.9 Å². The first-order valence-corrected chi connectivity index (χ1v) is 7.79. The average molecular weight is 260 g/mol. The van der Waals surface area contributed by atoms with Crippen LogP contribution in [0.5, 0.6) is 0 Å². The zero-order valence-electron chi connectivity index (χ0n) is 10.9. The molecule has 96 valence electrons. The van der Waals surface area contributed by atoms with E-state index in [1.54, 1.807) is 0 Å². The van der Waals surface area contributed by atoms with Crippen molar-refractivity contribution in [2.45, 2.75) is 37.3 Å². The van der Waals surface area contributed by atoms with E-state index in [4.69, 9.17) is 5.73 Å². The van der Waals surface area contributed by atoms with Gasteiger partial charge in [0, 0.05) is 29.1 Å². The highest BCUT2D eigenvalue weighted by molar-refractivity contribution is 7.99. The standard InChI is InChI=1S/C15H20N2S/c1-2-8-17-13-6-4-3-5-12(13)14-11(10-16)7-9-18-15(14)17/h3-6,11H,2,7-10,16H2,1H3. The van der Waals surface area contributed by atoms with E-state index in [0.29, 0.717) is 5.92 Å². The summed E-state index contributed by atoms with van der Waals surface area (Å²) in [4.78, 5) is 0. The second-order valence-electron chi connectivity index (χ2n) is 4.96. The smallest absolute Gasteiger partial charge is 0.0795 e. The number of nitrogens with zero attached hydrogens (tertiary/aromatic N) is 1. The molecule has 0 radical (unpaired) electrons. The van der Waals surface area contributed by atoms with Gasteiger partial charge in [-0.1, -0.05) is 25.1 Å². The molecule has 18 heavy (non-hydrogen) atoms.